The van der Waals surface area contributed by atoms with Crippen molar-refractivity contribution in [2.24, 2.45) is 0 Å². The van der Waals surface area contributed by atoms with Gasteiger partial charge in [-0.05, 0) is 30.3 Å². The molecule has 0 aliphatic heterocycles. The Hall–Kier alpha value is -2.65. The van der Waals surface area contributed by atoms with Gasteiger partial charge in [-0.25, -0.2) is 4.39 Å². The highest BCUT2D eigenvalue weighted by atomic mass is 32.1. The average molecular weight is 427 g/mol. The van der Waals surface area contributed by atoms with E-state index < -0.39 is 23.5 Å². The first-order valence-corrected chi connectivity index (χ1v) is 9.40. The molecular formula is C20H17F4NO3S. The lowest BCUT2D eigenvalue weighted by atomic mass is 10.1. The first kappa shape index (κ1) is 21.1. The molecule has 1 heterocycles. The van der Waals surface area contributed by atoms with E-state index in [1.54, 1.807) is 12.1 Å². The van der Waals surface area contributed by atoms with Crippen molar-refractivity contribution < 1.29 is 31.8 Å². The molecule has 3 rings (SSSR count). The van der Waals surface area contributed by atoms with E-state index in [4.69, 9.17) is 9.47 Å². The maximum absolute atomic E-state index is 14.2. The quantitative estimate of drug-likeness (QED) is 0.426. The van der Waals surface area contributed by atoms with Crippen molar-refractivity contribution in [1.82, 2.24) is 5.32 Å². The van der Waals surface area contributed by atoms with Gasteiger partial charge in [0.05, 0.1) is 23.6 Å². The summed E-state index contributed by atoms with van der Waals surface area (Å²) in [5.41, 5.74) is -0.350. The van der Waals surface area contributed by atoms with Crippen LogP contribution in [0.5, 0.6) is 5.75 Å². The van der Waals surface area contributed by atoms with Crippen molar-refractivity contribution in [3.8, 4) is 5.75 Å². The molecular weight excluding hydrogens is 410 g/mol. The van der Waals surface area contributed by atoms with Crippen molar-refractivity contribution >= 4 is 27.3 Å². The number of thiophene rings is 1. The van der Waals surface area contributed by atoms with Gasteiger partial charge in [0.15, 0.2) is 0 Å². The van der Waals surface area contributed by atoms with Gasteiger partial charge in [0, 0.05) is 22.8 Å². The SMILES string of the molecule is COCc1c(C(=O)NCCOc2cccc(C(F)(F)F)c2)sc2cccc(F)c12. The zero-order valence-corrected chi connectivity index (χ0v) is 16.1. The van der Waals surface area contributed by atoms with Crippen LogP contribution in [0.1, 0.15) is 20.8 Å². The molecule has 0 atom stereocenters. The van der Waals surface area contributed by atoms with Gasteiger partial charge in [-0.2, -0.15) is 13.2 Å². The second kappa shape index (κ2) is 8.79. The molecule has 4 nitrogen and oxygen atoms in total. The molecule has 0 aliphatic carbocycles. The third-order valence-electron chi connectivity index (χ3n) is 4.08. The smallest absolute Gasteiger partial charge is 0.416 e. The van der Waals surface area contributed by atoms with Gasteiger partial charge in [-0.3, -0.25) is 4.79 Å². The molecule has 3 aromatic rings. The number of ether oxygens (including phenoxy) is 2. The summed E-state index contributed by atoms with van der Waals surface area (Å²) in [4.78, 5) is 12.9. The standard InChI is InChI=1S/C20H17F4NO3S/c1-27-11-14-17-15(21)6-3-7-16(17)29-18(14)19(26)25-8-9-28-13-5-2-4-12(10-13)20(22,23)24/h2-7,10H,8-9,11H2,1H3,(H,25,26). The zero-order valence-electron chi connectivity index (χ0n) is 15.3. The summed E-state index contributed by atoms with van der Waals surface area (Å²) < 4.78 is 63.4. The van der Waals surface area contributed by atoms with Crippen LogP contribution in [0.3, 0.4) is 0 Å². The lowest BCUT2D eigenvalue weighted by Crippen LogP contribution is -2.28. The summed E-state index contributed by atoms with van der Waals surface area (Å²) in [6.45, 7) is 0.120. The molecule has 9 heteroatoms. The van der Waals surface area contributed by atoms with Crippen molar-refractivity contribution in [1.29, 1.82) is 0 Å². The van der Waals surface area contributed by atoms with Gasteiger partial charge in [-0.15, -0.1) is 11.3 Å². The predicted molar refractivity (Wildman–Crippen MR) is 102 cm³/mol. The van der Waals surface area contributed by atoms with Crippen LogP contribution in [0.15, 0.2) is 42.5 Å². The highest BCUT2D eigenvalue weighted by molar-refractivity contribution is 7.21. The molecule has 0 aliphatic rings. The lowest BCUT2D eigenvalue weighted by Gasteiger charge is -2.11. The Morgan fingerprint density at radius 1 is 1.17 bits per heavy atom. The molecule has 2 aromatic carbocycles. The minimum atomic E-state index is -4.46. The summed E-state index contributed by atoms with van der Waals surface area (Å²) in [5, 5.41) is 2.99. The normalized spacial score (nSPS) is 11.6. The van der Waals surface area contributed by atoms with E-state index in [9.17, 15) is 22.4 Å². The number of hydrogen-bond donors (Lipinski definition) is 1. The summed E-state index contributed by atoms with van der Waals surface area (Å²) >= 11 is 1.15. The fourth-order valence-electron chi connectivity index (χ4n) is 2.81. The second-order valence-electron chi connectivity index (χ2n) is 6.09. The van der Waals surface area contributed by atoms with Crippen molar-refractivity contribution in [2.75, 3.05) is 20.3 Å². The largest absolute Gasteiger partial charge is 0.492 e. The molecule has 29 heavy (non-hydrogen) atoms. The number of carbonyl (C=O) groups is 1. The Morgan fingerprint density at radius 2 is 1.93 bits per heavy atom. The van der Waals surface area contributed by atoms with Gasteiger partial charge in [0.2, 0.25) is 0 Å². The average Bonchev–Trinajstić information content (AvgIpc) is 3.05. The van der Waals surface area contributed by atoms with E-state index >= 15 is 0 Å². The number of carbonyl (C=O) groups excluding carboxylic acids is 1. The number of nitrogens with one attached hydrogen (secondary N) is 1. The highest BCUT2D eigenvalue weighted by Crippen LogP contribution is 2.34. The van der Waals surface area contributed by atoms with E-state index in [0.29, 0.717) is 20.5 Å². The van der Waals surface area contributed by atoms with Gasteiger partial charge < -0.3 is 14.8 Å². The fourth-order valence-corrected chi connectivity index (χ4v) is 3.95. The number of rotatable bonds is 7. The fraction of sp³-hybridized carbons (Fsp3) is 0.250. The Morgan fingerprint density at radius 3 is 2.66 bits per heavy atom. The number of amides is 1. The second-order valence-corrected chi connectivity index (χ2v) is 7.14. The van der Waals surface area contributed by atoms with E-state index in [0.717, 1.165) is 23.5 Å². The lowest BCUT2D eigenvalue weighted by molar-refractivity contribution is -0.137. The maximum Gasteiger partial charge on any atom is 0.416 e. The van der Waals surface area contributed by atoms with Crippen LogP contribution in [0.25, 0.3) is 10.1 Å². The predicted octanol–water partition coefficient (Wildman–Crippen LogP) is 5.01. The van der Waals surface area contributed by atoms with E-state index in [1.807, 2.05) is 0 Å². The van der Waals surface area contributed by atoms with Crippen LogP contribution in [0.2, 0.25) is 0 Å². The zero-order chi connectivity index (χ0) is 21.0. The van der Waals surface area contributed by atoms with E-state index in [2.05, 4.69) is 5.32 Å². The van der Waals surface area contributed by atoms with Crippen LogP contribution < -0.4 is 10.1 Å². The Balaban J connectivity index is 1.65. The monoisotopic (exact) mass is 427 g/mol. The van der Waals surface area contributed by atoms with Gasteiger partial charge in [0.25, 0.3) is 5.91 Å². The van der Waals surface area contributed by atoms with Gasteiger partial charge >= 0.3 is 6.18 Å². The number of methoxy groups -OCH3 is 1. The summed E-state index contributed by atoms with van der Waals surface area (Å²) in [7, 11) is 1.45. The minimum absolute atomic E-state index is 0.0219. The molecule has 0 radical (unpaired) electrons. The van der Waals surface area contributed by atoms with E-state index in [1.165, 1.54) is 25.3 Å². The summed E-state index contributed by atoms with van der Waals surface area (Å²) in [6.07, 6.45) is -4.46. The van der Waals surface area contributed by atoms with Crippen LogP contribution in [-0.4, -0.2) is 26.2 Å². The molecule has 0 saturated heterocycles. The van der Waals surface area contributed by atoms with Crippen molar-refractivity contribution in [2.45, 2.75) is 12.8 Å². The third kappa shape index (κ3) is 4.86. The Kier molecular flexibility index (Phi) is 6.39. The van der Waals surface area contributed by atoms with Crippen LogP contribution in [-0.2, 0) is 17.5 Å². The third-order valence-corrected chi connectivity index (χ3v) is 5.27. The molecule has 1 amide bonds. The first-order valence-electron chi connectivity index (χ1n) is 8.58. The molecule has 1 N–H and O–H groups in total. The highest BCUT2D eigenvalue weighted by Gasteiger charge is 2.30. The van der Waals surface area contributed by atoms with Crippen LogP contribution in [0.4, 0.5) is 17.6 Å². The van der Waals surface area contributed by atoms with E-state index in [-0.39, 0.29) is 25.5 Å². The number of alkyl halides is 3. The van der Waals surface area contributed by atoms with Gasteiger partial charge in [0.1, 0.15) is 18.2 Å². The molecule has 0 bridgehead atoms. The molecule has 154 valence electrons. The number of benzene rings is 2. The van der Waals surface area contributed by atoms with Crippen molar-refractivity contribution in [3.05, 3.63) is 64.3 Å². The number of halogens is 4. The molecule has 1 aromatic heterocycles. The molecule has 0 spiro atoms. The minimum Gasteiger partial charge on any atom is -0.492 e. The Bertz CT molecular complexity index is 1020. The molecule has 0 unspecified atom stereocenters. The topological polar surface area (TPSA) is 47.6 Å². The number of fused-ring (bicyclic) bond motifs is 1. The van der Waals surface area contributed by atoms with Crippen LogP contribution in [0, 0.1) is 5.82 Å². The summed E-state index contributed by atoms with van der Waals surface area (Å²) in [5.74, 6) is -0.805. The van der Waals surface area contributed by atoms with Gasteiger partial charge in [-0.1, -0.05) is 12.1 Å². The first-order chi connectivity index (χ1) is 13.8. The van der Waals surface area contributed by atoms with Crippen molar-refractivity contribution in [3.63, 3.8) is 0 Å². The maximum atomic E-state index is 14.2. The molecule has 0 saturated carbocycles. The molecule has 0 fully saturated rings. The summed E-state index contributed by atoms with van der Waals surface area (Å²) in [6, 6.07) is 9.10. The van der Waals surface area contributed by atoms with Crippen LogP contribution >= 0.6 is 11.3 Å². The Labute approximate surface area is 168 Å². The number of hydrogen-bond acceptors (Lipinski definition) is 4.